The van der Waals surface area contributed by atoms with E-state index in [2.05, 4.69) is 16.0 Å². The maximum absolute atomic E-state index is 14.2. The van der Waals surface area contributed by atoms with Crippen LogP contribution < -0.4 is 16.0 Å². The van der Waals surface area contributed by atoms with Crippen molar-refractivity contribution in [3.05, 3.63) is 35.9 Å². The summed E-state index contributed by atoms with van der Waals surface area (Å²) in [5.74, 6) is -2.39. The predicted molar refractivity (Wildman–Crippen MR) is 207 cm³/mol. The Morgan fingerprint density at radius 1 is 0.981 bits per heavy atom. The lowest BCUT2D eigenvalue weighted by Crippen LogP contribution is -2.63. The number of ether oxygens (including phenoxy) is 3. The molecule has 2 fully saturated rings. The standard InChI is InChI=1S/C41H67N5O8/c1-11-27(4)35(45(7)38(49)34(26(2)3)44-40(51)41(6)21-15-16-22-42-41)32(52-8)25-33(47)46-23-17-20-31(46)36(53-9)28(5)37(48)43-30(39(50)54-10)24-29-18-13-12-14-19-29/h12-14,18-19,26-28,30-32,34-36,42H,11,15-17,20-25H2,1-10H3,(H,43,48)(H,44,51)/t27-,28+,30?,31-,32+,34-,35-,36+,41-/m0/s1. The van der Waals surface area contributed by atoms with Gasteiger partial charge in [-0.3, -0.25) is 19.2 Å². The molecule has 0 aliphatic carbocycles. The molecular formula is C41H67N5O8. The molecule has 1 aromatic rings. The van der Waals surface area contributed by atoms with E-state index in [1.54, 1.807) is 30.9 Å². The van der Waals surface area contributed by atoms with Crippen LogP contribution in [0.3, 0.4) is 0 Å². The molecule has 0 aromatic heterocycles. The van der Waals surface area contributed by atoms with Gasteiger partial charge in [-0.1, -0.05) is 71.4 Å². The number of methoxy groups -OCH3 is 3. The van der Waals surface area contributed by atoms with Gasteiger partial charge in [0, 0.05) is 34.2 Å². The Hall–Kier alpha value is -3.55. The summed E-state index contributed by atoms with van der Waals surface area (Å²) in [7, 11) is 6.11. The maximum atomic E-state index is 14.2. The van der Waals surface area contributed by atoms with E-state index >= 15 is 0 Å². The number of nitrogens with zero attached hydrogens (tertiary/aromatic N) is 2. The fourth-order valence-corrected chi connectivity index (χ4v) is 8.08. The van der Waals surface area contributed by atoms with Crippen LogP contribution in [0.5, 0.6) is 0 Å². The van der Waals surface area contributed by atoms with Crippen LogP contribution in [0.4, 0.5) is 0 Å². The summed E-state index contributed by atoms with van der Waals surface area (Å²) in [6.07, 6.45) is 3.76. The molecule has 0 spiro atoms. The number of likely N-dealkylation sites (N-methyl/N-ethyl adjacent to an activating group) is 1. The Bertz CT molecular complexity index is 1390. The van der Waals surface area contributed by atoms with Crippen molar-refractivity contribution in [3.63, 3.8) is 0 Å². The summed E-state index contributed by atoms with van der Waals surface area (Å²) in [4.78, 5) is 71.7. The lowest BCUT2D eigenvalue weighted by molar-refractivity contribution is -0.149. The zero-order valence-corrected chi connectivity index (χ0v) is 34.3. The van der Waals surface area contributed by atoms with Gasteiger partial charge in [0.2, 0.25) is 23.6 Å². The average Bonchev–Trinajstić information content (AvgIpc) is 3.65. The van der Waals surface area contributed by atoms with E-state index in [0.29, 0.717) is 19.4 Å². The van der Waals surface area contributed by atoms with Crippen LogP contribution in [0.1, 0.15) is 92.1 Å². The van der Waals surface area contributed by atoms with Crippen molar-refractivity contribution in [3.8, 4) is 0 Å². The van der Waals surface area contributed by atoms with Crippen LogP contribution in [0.2, 0.25) is 0 Å². The third-order valence-corrected chi connectivity index (χ3v) is 11.7. The number of nitrogens with one attached hydrogen (secondary N) is 3. The summed E-state index contributed by atoms with van der Waals surface area (Å²) in [6, 6.07) is 6.90. The molecule has 0 radical (unpaired) electrons. The van der Waals surface area contributed by atoms with Gasteiger partial charge in [-0.2, -0.15) is 0 Å². The molecule has 1 unspecified atom stereocenters. The second-order valence-electron chi connectivity index (χ2n) is 15.8. The Morgan fingerprint density at radius 2 is 1.67 bits per heavy atom. The van der Waals surface area contributed by atoms with Crippen molar-refractivity contribution < 1.29 is 38.2 Å². The molecule has 2 aliphatic rings. The Balaban J connectivity index is 1.77. The van der Waals surface area contributed by atoms with Crippen molar-refractivity contribution in [2.24, 2.45) is 17.8 Å². The van der Waals surface area contributed by atoms with E-state index < -0.39 is 47.8 Å². The molecule has 13 nitrogen and oxygen atoms in total. The van der Waals surface area contributed by atoms with E-state index in [0.717, 1.165) is 37.8 Å². The summed E-state index contributed by atoms with van der Waals surface area (Å²) in [6.45, 7) is 12.8. The molecule has 0 bridgehead atoms. The van der Waals surface area contributed by atoms with Gasteiger partial charge < -0.3 is 40.0 Å². The highest BCUT2D eigenvalue weighted by Crippen LogP contribution is 2.30. The van der Waals surface area contributed by atoms with Crippen LogP contribution in [-0.4, -0.2) is 123 Å². The first-order valence-electron chi connectivity index (χ1n) is 19.7. The minimum Gasteiger partial charge on any atom is -0.467 e. The summed E-state index contributed by atoms with van der Waals surface area (Å²) in [5.41, 5.74) is 0.139. The Kier molecular flexibility index (Phi) is 17.4. The number of benzene rings is 1. The number of carbonyl (C=O) groups is 5. The summed E-state index contributed by atoms with van der Waals surface area (Å²) < 4.78 is 16.9. The Labute approximate surface area is 323 Å². The SMILES string of the molecule is CC[C@H](C)[C@@H]([C@@H](CC(=O)N1CCC[C@H]1[C@H](OC)[C@@H](C)C(=O)NC(Cc1ccccc1)C(=O)OC)OC)N(C)C(=O)[C@@H](NC(=O)[C@]1(C)CCCCN1)C(C)C. The third-order valence-electron chi connectivity index (χ3n) is 11.7. The zero-order chi connectivity index (χ0) is 40.2. The van der Waals surface area contributed by atoms with Crippen molar-refractivity contribution in [2.45, 2.75) is 135 Å². The van der Waals surface area contributed by atoms with Gasteiger partial charge in [-0.05, 0) is 63.0 Å². The molecule has 0 saturated carbocycles. The van der Waals surface area contributed by atoms with Crippen molar-refractivity contribution in [1.29, 1.82) is 0 Å². The van der Waals surface area contributed by atoms with Gasteiger partial charge >= 0.3 is 5.97 Å². The maximum Gasteiger partial charge on any atom is 0.328 e. The normalized spacial score (nSPS) is 22.6. The third kappa shape index (κ3) is 11.3. The molecule has 1 aromatic carbocycles. The van der Waals surface area contributed by atoms with Gasteiger partial charge in [-0.25, -0.2) is 4.79 Å². The van der Waals surface area contributed by atoms with Crippen LogP contribution in [-0.2, 0) is 44.6 Å². The number of hydrogen-bond donors (Lipinski definition) is 3. The van der Waals surface area contributed by atoms with Gasteiger partial charge in [0.15, 0.2) is 0 Å². The molecule has 9 atom stereocenters. The van der Waals surface area contributed by atoms with Crippen molar-refractivity contribution in [2.75, 3.05) is 41.5 Å². The van der Waals surface area contributed by atoms with Crippen LogP contribution >= 0.6 is 0 Å². The van der Waals surface area contributed by atoms with Crippen LogP contribution in [0.25, 0.3) is 0 Å². The van der Waals surface area contributed by atoms with Crippen LogP contribution in [0, 0.1) is 17.8 Å². The average molecular weight is 758 g/mol. The molecule has 54 heavy (non-hydrogen) atoms. The highest BCUT2D eigenvalue weighted by Gasteiger charge is 2.44. The van der Waals surface area contributed by atoms with E-state index in [9.17, 15) is 24.0 Å². The smallest absolute Gasteiger partial charge is 0.328 e. The minimum atomic E-state index is -0.888. The van der Waals surface area contributed by atoms with E-state index in [4.69, 9.17) is 14.2 Å². The lowest BCUT2D eigenvalue weighted by atomic mass is 9.88. The number of rotatable bonds is 19. The van der Waals surface area contributed by atoms with Gasteiger partial charge in [-0.15, -0.1) is 0 Å². The summed E-state index contributed by atoms with van der Waals surface area (Å²) in [5, 5.41) is 9.26. The van der Waals surface area contributed by atoms with Gasteiger partial charge in [0.1, 0.15) is 12.1 Å². The number of hydrogen-bond acceptors (Lipinski definition) is 9. The van der Waals surface area contributed by atoms with Crippen LogP contribution in [0.15, 0.2) is 30.3 Å². The first kappa shape index (κ1) is 44.8. The molecule has 3 N–H and O–H groups in total. The molecular weight excluding hydrogens is 690 g/mol. The number of amides is 4. The lowest BCUT2D eigenvalue weighted by Gasteiger charge is -2.41. The van der Waals surface area contributed by atoms with E-state index in [1.165, 1.54) is 14.2 Å². The van der Waals surface area contributed by atoms with Gasteiger partial charge in [0.25, 0.3) is 0 Å². The van der Waals surface area contributed by atoms with Gasteiger partial charge in [0.05, 0.1) is 49.3 Å². The first-order chi connectivity index (χ1) is 25.6. The Morgan fingerprint density at radius 3 is 2.22 bits per heavy atom. The number of esters is 1. The zero-order valence-electron chi connectivity index (χ0n) is 34.3. The molecule has 2 aliphatic heterocycles. The molecule has 2 heterocycles. The second kappa shape index (κ2) is 20.9. The first-order valence-corrected chi connectivity index (χ1v) is 19.7. The second-order valence-corrected chi connectivity index (χ2v) is 15.8. The number of likely N-dealkylation sites (tertiary alicyclic amines) is 1. The summed E-state index contributed by atoms with van der Waals surface area (Å²) >= 11 is 0. The van der Waals surface area contributed by atoms with E-state index in [-0.39, 0.29) is 54.3 Å². The monoisotopic (exact) mass is 757 g/mol. The quantitative estimate of drug-likeness (QED) is 0.180. The molecule has 13 heteroatoms. The largest absolute Gasteiger partial charge is 0.467 e. The fraction of sp³-hybridized carbons (Fsp3) is 0.732. The molecule has 3 rings (SSSR count). The number of piperidine rings is 1. The molecule has 304 valence electrons. The highest BCUT2D eigenvalue weighted by atomic mass is 16.5. The van der Waals surface area contributed by atoms with Crippen molar-refractivity contribution in [1.82, 2.24) is 25.8 Å². The molecule has 4 amide bonds. The number of carbonyl (C=O) groups excluding carboxylic acids is 5. The topological polar surface area (TPSA) is 156 Å². The predicted octanol–water partition coefficient (Wildman–Crippen LogP) is 3.48. The van der Waals surface area contributed by atoms with Crippen molar-refractivity contribution >= 4 is 29.6 Å². The van der Waals surface area contributed by atoms with E-state index in [1.807, 2.05) is 65.0 Å². The molecule has 2 saturated heterocycles. The minimum absolute atomic E-state index is 0.0127. The highest BCUT2D eigenvalue weighted by molar-refractivity contribution is 5.92. The fourth-order valence-electron chi connectivity index (χ4n) is 8.08.